The summed E-state index contributed by atoms with van der Waals surface area (Å²) in [4.78, 5) is 0. The molecule has 0 aliphatic heterocycles. The summed E-state index contributed by atoms with van der Waals surface area (Å²) in [5.74, 6) is 0. The van der Waals surface area contributed by atoms with E-state index in [0.29, 0.717) is 5.41 Å². The van der Waals surface area contributed by atoms with E-state index in [1.807, 2.05) is 0 Å². The van der Waals surface area contributed by atoms with Crippen molar-refractivity contribution in [2.45, 2.75) is 53.4 Å². The summed E-state index contributed by atoms with van der Waals surface area (Å²) in [5, 5.41) is 3.56. The largest absolute Gasteiger partial charge is 0.316 e. The van der Waals surface area contributed by atoms with E-state index in [0.717, 1.165) is 6.54 Å². The highest BCUT2D eigenvalue weighted by molar-refractivity contribution is 5.38. The maximum atomic E-state index is 3.56. The van der Waals surface area contributed by atoms with Gasteiger partial charge in [0.1, 0.15) is 0 Å². The molecule has 1 aromatic carbocycles. The smallest absolute Gasteiger partial charge is 0.00109 e. The predicted molar refractivity (Wildman–Crippen MR) is 79.2 cm³/mol. The molecule has 18 heavy (non-hydrogen) atoms. The van der Waals surface area contributed by atoms with Crippen LogP contribution in [0.15, 0.2) is 12.1 Å². The first-order chi connectivity index (χ1) is 8.56. The van der Waals surface area contributed by atoms with Gasteiger partial charge in [0.2, 0.25) is 0 Å². The van der Waals surface area contributed by atoms with E-state index in [-0.39, 0.29) is 0 Å². The molecular formula is C17H27N. The topological polar surface area (TPSA) is 12.0 Å². The molecule has 1 aliphatic rings. The molecule has 2 rings (SSSR count). The van der Waals surface area contributed by atoms with Crippen LogP contribution < -0.4 is 5.32 Å². The fourth-order valence-electron chi connectivity index (χ4n) is 3.35. The number of hydrogen-bond acceptors (Lipinski definition) is 1. The molecule has 0 amide bonds. The minimum absolute atomic E-state index is 0.542. The molecule has 1 nitrogen and oxygen atoms in total. The van der Waals surface area contributed by atoms with E-state index < -0.39 is 0 Å². The second-order valence-corrected chi connectivity index (χ2v) is 6.19. The van der Waals surface area contributed by atoms with Gasteiger partial charge in [-0.15, -0.1) is 0 Å². The summed E-state index contributed by atoms with van der Waals surface area (Å²) >= 11 is 0. The van der Waals surface area contributed by atoms with Crippen molar-refractivity contribution in [1.82, 2.24) is 5.32 Å². The molecule has 0 aromatic heterocycles. The molecule has 1 aliphatic carbocycles. The molecule has 0 spiro atoms. The lowest BCUT2D eigenvalue weighted by Crippen LogP contribution is -2.41. The number of rotatable bonds is 5. The summed E-state index contributed by atoms with van der Waals surface area (Å²) in [6, 6.07) is 4.67. The molecule has 0 unspecified atom stereocenters. The average Bonchev–Trinajstić information content (AvgIpc) is 2.25. The highest BCUT2D eigenvalue weighted by Gasteiger charge is 2.37. The van der Waals surface area contributed by atoms with E-state index in [4.69, 9.17) is 0 Å². The lowest BCUT2D eigenvalue weighted by Gasteiger charge is -2.43. The van der Waals surface area contributed by atoms with Gasteiger partial charge in [0.05, 0.1) is 0 Å². The maximum absolute atomic E-state index is 3.56. The highest BCUT2D eigenvalue weighted by Crippen LogP contribution is 2.44. The van der Waals surface area contributed by atoms with Crippen LogP contribution in [0.2, 0.25) is 0 Å². The summed E-state index contributed by atoms with van der Waals surface area (Å²) < 4.78 is 0. The molecule has 1 heteroatoms. The zero-order valence-corrected chi connectivity index (χ0v) is 12.4. The van der Waals surface area contributed by atoms with Gasteiger partial charge >= 0.3 is 0 Å². The van der Waals surface area contributed by atoms with Crippen molar-refractivity contribution in [3.05, 3.63) is 34.4 Å². The second-order valence-electron chi connectivity index (χ2n) is 6.19. The van der Waals surface area contributed by atoms with Crippen molar-refractivity contribution in [2.24, 2.45) is 5.41 Å². The average molecular weight is 245 g/mol. The van der Waals surface area contributed by atoms with Gasteiger partial charge in [-0.2, -0.15) is 0 Å². The van der Waals surface area contributed by atoms with Crippen LogP contribution in [-0.4, -0.2) is 13.1 Å². The third kappa shape index (κ3) is 2.77. The van der Waals surface area contributed by atoms with Gasteiger partial charge in [0, 0.05) is 6.54 Å². The molecule has 1 saturated carbocycles. The van der Waals surface area contributed by atoms with Crippen LogP contribution in [0.25, 0.3) is 0 Å². The van der Waals surface area contributed by atoms with Crippen molar-refractivity contribution in [3.63, 3.8) is 0 Å². The van der Waals surface area contributed by atoms with Crippen molar-refractivity contribution in [2.75, 3.05) is 13.1 Å². The Hall–Kier alpha value is -0.820. The van der Waals surface area contributed by atoms with Crippen molar-refractivity contribution < 1.29 is 0 Å². The second kappa shape index (κ2) is 5.44. The Balaban J connectivity index is 2.17. The monoisotopic (exact) mass is 245 g/mol. The molecule has 0 heterocycles. The Morgan fingerprint density at radius 1 is 1.11 bits per heavy atom. The summed E-state index contributed by atoms with van der Waals surface area (Å²) in [5.41, 5.74) is 6.49. The van der Waals surface area contributed by atoms with Gasteiger partial charge in [-0.25, -0.2) is 0 Å². The van der Waals surface area contributed by atoms with Gasteiger partial charge in [0.15, 0.2) is 0 Å². The molecule has 100 valence electrons. The zero-order chi connectivity index (χ0) is 13.2. The summed E-state index contributed by atoms with van der Waals surface area (Å²) in [7, 11) is 0. The van der Waals surface area contributed by atoms with E-state index in [1.54, 1.807) is 5.56 Å². The standard InChI is InChI=1S/C17H27N/c1-5-18-12-17(7-6-8-17)11-16-14(3)9-13(2)10-15(16)4/h9-10,18H,5-8,11-12H2,1-4H3. The number of aryl methyl sites for hydroxylation is 3. The minimum atomic E-state index is 0.542. The van der Waals surface area contributed by atoms with Crippen LogP contribution in [0.4, 0.5) is 0 Å². The third-order valence-electron chi connectivity index (χ3n) is 4.56. The van der Waals surface area contributed by atoms with E-state index in [9.17, 15) is 0 Å². The van der Waals surface area contributed by atoms with Crippen molar-refractivity contribution in [3.8, 4) is 0 Å². The van der Waals surface area contributed by atoms with Crippen LogP contribution in [-0.2, 0) is 6.42 Å². The van der Waals surface area contributed by atoms with Crippen molar-refractivity contribution >= 4 is 0 Å². The Morgan fingerprint density at radius 2 is 1.72 bits per heavy atom. The molecule has 1 fully saturated rings. The lowest BCUT2D eigenvalue weighted by atomic mass is 9.64. The molecule has 0 radical (unpaired) electrons. The van der Waals surface area contributed by atoms with E-state index >= 15 is 0 Å². The molecule has 1 N–H and O–H groups in total. The van der Waals surface area contributed by atoms with Gasteiger partial charge in [0.25, 0.3) is 0 Å². The number of benzene rings is 1. The fraction of sp³-hybridized carbons (Fsp3) is 0.647. The van der Waals surface area contributed by atoms with Crippen LogP contribution in [0.1, 0.15) is 48.4 Å². The highest BCUT2D eigenvalue weighted by atomic mass is 14.9. The predicted octanol–water partition coefficient (Wildman–Crippen LogP) is 3.93. The van der Waals surface area contributed by atoms with E-state index in [2.05, 4.69) is 45.1 Å². The molecule has 0 atom stereocenters. The minimum Gasteiger partial charge on any atom is -0.316 e. The van der Waals surface area contributed by atoms with Crippen molar-refractivity contribution in [1.29, 1.82) is 0 Å². The van der Waals surface area contributed by atoms with E-state index in [1.165, 1.54) is 48.9 Å². The molecule has 0 bridgehead atoms. The number of hydrogen-bond donors (Lipinski definition) is 1. The number of nitrogens with one attached hydrogen (secondary N) is 1. The van der Waals surface area contributed by atoms with Crippen LogP contribution in [0.5, 0.6) is 0 Å². The molecular weight excluding hydrogens is 218 g/mol. The molecule has 1 aromatic rings. The quantitative estimate of drug-likeness (QED) is 0.828. The lowest BCUT2D eigenvalue weighted by molar-refractivity contribution is 0.130. The fourth-order valence-corrected chi connectivity index (χ4v) is 3.35. The summed E-state index contributed by atoms with van der Waals surface area (Å²) in [6.07, 6.45) is 5.47. The summed E-state index contributed by atoms with van der Waals surface area (Å²) in [6.45, 7) is 11.2. The maximum Gasteiger partial charge on any atom is 0.00109 e. The third-order valence-corrected chi connectivity index (χ3v) is 4.56. The normalized spacial score (nSPS) is 17.6. The van der Waals surface area contributed by atoms with Crippen LogP contribution in [0.3, 0.4) is 0 Å². The Bertz CT molecular complexity index is 393. The van der Waals surface area contributed by atoms with Crippen LogP contribution >= 0.6 is 0 Å². The Morgan fingerprint density at radius 3 is 2.17 bits per heavy atom. The van der Waals surface area contributed by atoms with Crippen LogP contribution in [0, 0.1) is 26.2 Å². The SMILES string of the molecule is CCNCC1(Cc2c(C)cc(C)cc2C)CCC1. The first kappa shape index (κ1) is 13.6. The Labute approximate surface area is 112 Å². The first-order valence-electron chi connectivity index (χ1n) is 7.34. The van der Waals surface area contributed by atoms with Gasteiger partial charge in [-0.3, -0.25) is 0 Å². The van der Waals surface area contributed by atoms with Gasteiger partial charge in [-0.1, -0.05) is 31.0 Å². The molecule has 0 saturated heterocycles. The van der Waals surface area contributed by atoms with Gasteiger partial charge < -0.3 is 5.32 Å². The first-order valence-corrected chi connectivity index (χ1v) is 7.34. The Kier molecular flexibility index (Phi) is 4.11. The van der Waals surface area contributed by atoms with Gasteiger partial charge in [-0.05, 0) is 68.7 Å². The zero-order valence-electron chi connectivity index (χ0n) is 12.4.